The molecule has 1 unspecified atom stereocenters. The van der Waals surface area contributed by atoms with Crippen molar-refractivity contribution in [3.05, 3.63) is 11.7 Å². The minimum absolute atomic E-state index is 0.174. The molecule has 0 fully saturated rings. The summed E-state index contributed by atoms with van der Waals surface area (Å²) in [5.41, 5.74) is 0. The quantitative estimate of drug-likeness (QED) is 0.381. The van der Waals surface area contributed by atoms with Crippen molar-refractivity contribution in [1.82, 2.24) is 20.8 Å². The molecule has 0 aliphatic rings. The van der Waals surface area contributed by atoms with E-state index in [-0.39, 0.29) is 6.10 Å². The Morgan fingerprint density at radius 3 is 2.86 bits per heavy atom. The van der Waals surface area contributed by atoms with Crippen LogP contribution in [0, 0.1) is 0 Å². The predicted molar refractivity (Wildman–Crippen MR) is 83.7 cm³/mol. The molecule has 0 saturated carbocycles. The molecule has 0 amide bonds. The van der Waals surface area contributed by atoms with Gasteiger partial charge in [0.1, 0.15) is 12.6 Å². The second-order valence-corrected chi connectivity index (χ2v) is 4.61. The summed E-state index contributed by atoms with van der Waals surface area (Å²) in [6, 6.07) is 0. The van der Waals surface area contributed by atoms with E-state index in [0.29, 0.717) is 24.9 Å². The van der Waals surface area contributed by atoms with Crippen LogP contribution in [0.2, 0.25) is 0 Å². The van der Waals surface area contributed by atoms with Crippen LogP contribution in [0.1, 0.15) is 45.0 Å². The van der Waals surface area contributed by atoms with E-state index in [1.165, 1.54) is 0 Å². The molecule has 1 atom stereocenters. The number of rotatable bonds is 10. The molecule has 0 aromatic carbocycles. The predicted octanol–water partition coefficient (Wildman–Crippen LogP) is 1.26. The van der Waals surface area contributed by atoms with Gasteiger partial charge in [-0.05, 0) is 27.2 Å². The lowest BCUT2D eigenvalue weighted by Gasteiger charge is -2.10. The molecule has 0 aliphatic heterocycles. The Labute approximate surface area is 131 Å². The molecule has 2 N–H and O–H groups in total. The topological polar surface area (TPSA) is 93.8 Å². The summed E-state index contributed by atoms with van der Waals surface area (Å²) in [5.74, 6) is 1.73. The first-order valence-corrected chi connectivity index (χ1v) is 7.66. The monoisotopic (exact) mass is 313 g/mol. The summed E-state index contributed by atoms with van der Waals surface area (Å²) >= 11 is 0. The molecular weight excluding hydrogens is 286 g/mol. The number of nitrogens with zero attached hydrogens (tertiary/aromatic N) is 3. The maximum atomic E-state index is 5.42. The highest BCUT2D eigenvalue weighted by Crippen LogP contribution is 2.12. The van der Waals surface area contributed by atoms with Gasteiger partial charge in [-0.25, -0.2) is 4.99 Å². The van der Waals surface area contributed by atoms with Crippen LogP contribution in [0.3, 0.4) is 0 Å². The van der Waals surface area contributed by atoms with Gasteiger partial charge in [-0.1, -0.05) is 5.16 Å². The van der Waals surface area contributed by atoms with Crippen LogP contribution in [-0.4, -0.2) is 49.5 Å². The van der Waals surface area contributed by atoms with Gasteiger partial charge in [0.05, 0.1) is 0 Å². The Balaban J connectivity index is 2.50. The fraction of sp³-hybridized carbons (Fsp3) is 0.786. The first-order chi connectivity index (χ1) is 10.7. The average Bonchev–Trinajstić information content (AvgIpc) is 2.98. The summed E-state index contributed by atoms with van der Waals surface area (Å²) in [6.07, 6.45) is 0.740. The summed E-state index contributed by atoms with van der Waals surface area (Å²) in [7, 11) is 1.69. The van der Waals surface area contributed by atoms with Crippen molar-refractivity contribution in [2.75, 3.05) is 33.4 Å². The minimum Gasteiger partial charge on any atom is -0.385 e. The molecule has 8 nitrogen and oxygen atoms in total. The van der Waals surface area contributed by atoms with Crippen molar-refractivity contribution in [2.24, 2.45) is 4.99 Å². The van der Waals surface area contributed by atoms with Crippen molar-refractivity contribution < 1.29 is 14.0 Å². The maximum absolute atomic E-state index is 5.42. The molecule has 0 saturated heterocycles. The third-order valence-corrected chi connectivity index (χ3v) is 2.80. The summed E-state index contributed by atoms with van der Waals surface area (Å²) in [5, 5.41) is 10.3. The van der Waals surface area contributed by atoms with Crippen molar-refractivity contribution >= 4 is 5.96 Å². The second kappa shape index (κ2) is 11.0. The molecular formula is C14H27N5O3. The lowest BCUT2D eigenvalue weighted by molar-refractivity contribution is 0.0683. The third-order valence-electron chi connectivity index (χ3n) is 2.80. The SMILES string of the molecule is CCNC(=NCc1nc(C(C)OCC)no1)NCCCOC. The van der Waals surface area contributed by atoms with Crippen molar-refractivity contribution in [2.45, 2.75) is 39.8 Å². The zero-order valence-electron chi connectivity index (χ0n) is 13.9. The Hall–Kier alpha value is -1.67. The molecule has 0 bridgehead atoms. The summed E-state index contributed by atoms with van der Waals surface area (Å²) in [4.78, 5) is 8.70. The van der Waals surface area contributed by atoms with Gasteiger partial charge in [0.15, 0.2) is 11.8 Å². The molecule has 0 radical (unpaired) electrons. The minimum atomic E-state index is -0.174. The molecule has 22 heavy (non-hydrogen) atoms. The number of hydrogen-bond donors (Lipinski definition) is 2. The Morgan fingerprint density at radius 2 is 2.18 bits per heavy atom. The highest BCUT2D eigenvalue weighted by Gasteiger charge is 2.13. The molecule has 0 spiro atoms. The van der Waals surface area contributed by atoms with Crippen molar-refractivity contribution in [1.29, 1.82) is 0 Å². The Morgan fingerprint density at radius 1 is 1.36 bits per heavy atom. The van der Waals surface area contributed by atoms with Crippen LogP contribution < -0.4 is 10.6 Å². The lowest BCUT2D eigenvalue weighted by atomic mass is 10.4. The fourth-order valence-corrected chi connectivity index (χ4v) is 1.73. The first-order valence-electron chi connectivity index (χ1n) is 7.66. The van der Waals surface area contributed by atoms with Gasteiger partial charge in [-0.2, -0.15) is 4.98 Å². The number of nitrogens with one attached hydrogen (secondary N) is 2. The third kappa shape index (κ3) is 6.86. The number of aliphatic imine (C=N–C) groups is 1. The molecule has 1 rings (SSSR count). The standard InChI is InChI=1S/C14H27N5O3/c1-5-15-14(16-8-7-9-20-4)17-10-12-18-13(19-22-12)11(3)21-6-2/h11H,5-10H2,1-4H3,(H2,15,16,17). The van der Waals surface area contributed by atoms with Gasteiger partial charge in [-0.3, -0.25) is 0 Å². The summed E-state index contributed by atoms with van der Waals surface area (Å²) in [6.45, 7) is 9.06. The van der Waals surface area contributed by atoms with Gasteiger partial charge < -0.3 is 24.6 Å². The number of aromatic nitrogens is 2. The molecule has 0 aliphatic carbocycles. The highest BCUT2D eigenvalue weighted by atomic mass is 16.5. The summed E-state index contributed by atoms with van der Waals surface area (Å²) < 4.78 is 15.6. The van der Waals surface area contributed by atoms with E-state index in [1.54, 1.807) is 7.11 Å². The van der Waals surface area contributed by atoms with E-state index in [9.17, 15) is 0 Å². The van der Waals surface area contributed by atoms with Crippen LogP contribution in [-0.2, 0) is 16.0 Å². The van der Waals surface area contributed by atoms with Gasteiger partial charge in [0.2, 0.25) is 5.89 Å². The number of hydrogen-bond acceptors (Lipinski definition) is 6. The van der Waals surface area contributed by atoms with Crippen LogP contribution in [0.15, 0.2) is 9.52 Å². The fourth-order valence-electron chi connectivity index (χ4n) is 1.73. The van der Waals surface area contributed by atoms with Crippen molar-refractivity contribution in [3.63, 3.8) is 0 Å². The van der Waals surface area contributed by atoms with Gasteiger partial charge in [-0.15, -0.1) is 0 Å². The van der Waals surface area contributed by atoms with E-state index >= 15 is 0 Å². The smallest absolute Gasteiger partial charge is 0.248 e. The van der Waals surface area contributed by atoms with E-state index in [2.05, 4.69) is 25.8 Å². The van der Waals surface area contributed by atoms with Crippen LogP contribution in [0.4, 0.5) is 0 Å². The van der Waals surface area contributed by atoms with Crippen LogP contribution in [0.5, 0.6) is 0 Å². The molecule has 126 valence electrons. The second-order valence-electron chi connectivity index (χ2n) is 4.61. The number of guanidine groups is 1. The van der Waals surface area contributed by atoms with Gasteiger partial charge in [0.25, 0.3) is 0 Å². The van der Waals surface area contributed by atoms with E-state index < -0.39 is 0 Å². The van der Waals surface area contributed by atoms with Crippen molar-refractivity contribution in [3.8, 4) is 0 Å². The van der Waals surface area contributed by atoms with E-state index in [1.807, 2.05) is 20.8 Å². The Kier molecular flexibility index (Phi) is 9.17. The van der Waals surface area contributed by atoms with Crippen LogP contribution >= 0.6 is 0 Å². The number of ether oxygens (including phenoxy) is 2. The first kappa shape index (κ1) is 18.4. The average molecular weight is 313 g/mol. The van der Waals surface area contributed by atoms with Gasteiger partial charge >= 0.3 is 0 Å². The largest absolute Gasteiger partial charge is 0.385 e. The molecule has 1 aromatic rings. The normalized spacial score (nSPS) is 13.2. The van der Waals surface area contributed by atoms with E-state index in [0.717, 1.165) is 32.1 Å². The van der Waals surface area contributed by atoms with Gasteiger partial charge in [0, 0.05) is 33.4 Å². The number of methoxy groups -OCH3 is 1. The zero-order chi connectivity index (χ0) is 16.2. The Bertz CT molecular complexity index is 436. The zero-order valence-corrected chi connectivity index (χ0v) is 13.9. The molecule has 1 aromatic heterocycles. The highest BCUT2D eigenvalue weighted by molar-refractivity contribution is 5.79. The maximum Gasteiger partial charge on any atom is 0.248 e. The van der Waals surface area contributed by atoms with Crippen LogP contribution in [0.25, 0.3) is 0 Å². The molecule has 8 heteroatoms. The van der Waals surface area contributed by atoms with E-state index in [4.69, 9.17) is 14.0 Å². The molecule has 1 heterocycles. The lowest BCUT2D eigenvalue weighted by Crippen LogP contribution is -2.38.